The van der Waals surface area contributed by atoms with Gasteiger partial charge in [0.25, 0.3) is 0 Å². The quantitative estimate of drug-likeness (QED) is 0.580. The summed E-state index contributed by atoms with van der Waals surface area (Å²) in [5.74, 6) is 1.87. The minimum atomic E-state index is -1.41. The molecule has 2 N–H and O–H groups in total. The molecule has 0 saturated carbocycles. The van der Waals surface area contributed by atoms with Gasteiger partial charge in [-0.25, -0.2) is 14.2 Å². The number of aromatic nitrogens is 3. The second-order valence-electron chi connectivity index (χ2n) is 6.65. The lowest BCUT2D eigenvalue weighted by atomic mass is 10.0. The van der Waals surface area contributed by atoms with Crippen LogP contribution in [-0.4, -0.2) is 25.2 Å². The molecule has 28 heavy (non-hydrogen) atoms. The van der Waals surface area contributed by atoms with Crippen molar-refractivity contribution in [2.24, 2.45) is 0 Å². The minimum Gasteiger partial charge on any atom is -0.493 e. The van der Waals surface area contributed by atoms with Crippen molar-refractivity contribution in [2.45, 2.75) is 23.3 Å². The predicted molar refractivity (Wildman–Crippen MR) is 108 cm³/mol. The van der Waals surface area contributed by atoms with Crippen molar-refractivity contribution < 1.29 is 8.95 Å². The number of ether oxygens (including phenoxy) is 1. The third-order valence-corrected chi connectivity index (χ3v) is 6.29. The fourth-order valence-electron chi connectivity index (χ4n) is 3.67. The Balaban J connectivity index is 1.73. The van der Waals surface area contributed by atoms with Crippen LogP contribution in [0.5, 0.6) is 5.75 Å². The first-order chi connectivity index (χ1) is 13.6. The van der Waals surface area contributed by atoms with Crippen molar-refractivity contribution in [2.75, 3.05) is 12.3 Å². The molecule has 1 atom stereocenters. The second-order valence-corrected chi connectivity index (χ2v) is 8.04. The van der Waals surface area contributed by atoms with Crippen LogP contribution in [0.2, 0.25) is 0 Å². The molecule has 2 aromatic heterocycles. The van der Waals surface area contributed by atoms with E-state index in [0.717, 1.165) is 29.0 Å². The first-order valence-corrected chi connectivity index (χ1v) is 10.2. The van der Waals surface area contributed by atoms with Crippen LogP contribution < -0.4 is 10.5 Å². The van der Waals surface area contributed by atoms with Crippen LogP contribution in [0.4, 0.5) is 5.95 Å². The monoisotopic (exact) mass is 390 g/mol. The van der Waals surface area contributed by atoms with E-state index in [1.807, 2.05) is 61.5 Å². The maximum absolute atomic E-state index is 13.2. The summed E-state index contributed by atoms with van der Waals surface area (Å²) < 4.78 is 20.6. The lowest BCUT2D eigenvalue weighted by Crippen LogP contribution is -2.04. The molecule has 0 spiro atoms. The Morgan fingerprint density at radius 2 is 1.93 bits per heavy atom. The molecule has 140 valence electrons. The number of nitrogen functional groups attached to an aromatic ring is 1. The normalized spacial score (nSPS) is 14.0. The van der Waals surface area contributed by atoms with Crippen LogP contribution in [0, 0.1) is 6.92 Å². The highest BCUT2D eigenvalue weighted by molar-refractivity contribution is 7.85. The number of nitrogens with zero attached hydrogens (tertiary/aromatic N) is 3. The maximum Gasteiger partial charge on any atom is 0.206 e. The molecule has 0 saturated heterocycles. The summed E-state index contributed by atoms with van der Waals surface area (Å²) in [6.07, 6.45) is 0.833. The van der Waals surface area contributed by atoms with Crippen molar-refractivity contribution in [3.05, 3.63) is 66.0 Å². The Kier molecular flexibility index (Phi) is 3.91. The number of anilines is 1. The minimum absolute atomic E-state index is 0.324. The molecule has 0 fully saturated rings. The van der Waals surface area contributed by atoms with E-state index in [2.05, 4.69) is 9.97 Å². The van der Waals surface area contributed by atoms with Crippen molar-refractivity contribution in [1.82, 2.24) is 14.4 Å². The lowest BCUT2D eigenvalue weighted by Gasteiger charge is -2.10. The van der Waals surface area contributed by atoms with Gasteiger partial charge >= 0.3 is 0 Å². The Hall–Kier alpha value is -3.19. The third kappa shape index (κ3) is 2.58. The smallest absolute Gasteiger partial charge is 0.206 e. The largest absolute Gasteiger partial charge is 0.493 e. The highest BCUT2D eigenvalue weighted by Crippen LogP contribution is 2.35. The summed E-state index contributed by atoms with van der Waals surface area (Å²) >= 11 is 0. The summed E-state index contributed by atoms with van der Waals surface area (Å²) in [7, 11) is -1.41. The average molecular weight is 390 g/mol. The summed E-state index contributed by atoms with van der Waals surface area (Å²) in [6, 6.07) is 17.2. The number of nitrogens with two attached hydrogens (primary N) is 1. The van der Waals surface area contributed by atoms with Gasteiger partial charge in [-0.3, -0.25) is 4.40 Å². The molecule has 4 aromatic rings. The first kappa shape index (κ1) is 16.9. The number of fused-ring (bicyclic) bond motifs is 2. The van der Waals surface area contributed by atoms with E-state index in [9.17, 15) is 4.21 Å². The van der Waals surface area contributed by atoms with E-state index in [-0.39, 0.29) is 0 Å². The van der Waals surface area contributed by atoms with E-state index in [1.165, 1.54) is 0 Å². The van der Waals surface area contributed by atoms with E-state index < -0.39 is 10.8 Å². The molecule has 3 heterocycles. The van der Waals surface area contributed by atoms with Crippen LogP contribution in [-0.2, 0) is 17.2 Å². The van der Waals surface area contributed by atoms with Crippen LogP contribution in [0.25, 0.3) is 16.8 Å². The average Bonchev–Trinajstić information content (AvgIpc) is 3.32. The molecule has 5 rings (SSSR count). The third-order valence-electron chi connectivity index (χ3n) is 4.94. The number of hydrogen-bond donors (Lipinski definition) is 1. The molecule has 1 aliphatic rings. The number of benzene rings is 2. The van der Waals surface area contributed by atoms with Gasteiger partial charge in [-0.15, -0.1) is 0 Å². The fourth-order valence-corrected chi connectivity index (χ4v) is 4.85. The highest BCUT2D eigenvalue weighted by atomic mass is 32.2. The topological polar surface area (TPSA) is 82.5 Å². The van der Waals surface area contributed by atoms with Gasteiger partial charge in [-0.05, 0) is 31.2 Å². The lowest BCUT2D eigenvalue weighted by molar-refractivity contribution is 0.357. The molecule has 2 aromatic carbocycles. The summed E-state index contributed by atoms with van der Waals surface area (Å²) in [6.45, 7) is 2.50. The van der Waals surface area contributed by atoms with E-state index in [0.29, 0.717) is 33.8 Å². The summed E-state index contributed by atoms with van der Waals surface area (Å²) in [5.41, 5.74) is 9.83. The molecule has 6 nitrogen and oxygen atoms in total. The number of rotatable bonds is 3. The Bertz CT molecular complexity index is 1230. The number of imidazole rings is 1. The molecule has 0 radical (unpaired) electrons. The first-order valence-electron chi connectivity index (χ1n) is 9.01. The number of aryl methyl sites for hydroxylation is 1. The Morgan fingerprint density at radius 3 is 2.75 bits per heavy atom. The second kappa shape index (κ2) is 6.45. The van der Waals surface area contributed by atoms with Gasteiger partial charge < -0.3 is 10.5 Å². The zero-order valence-corrected chi connectivity index (χ0v) is 16.1. The van der Waals surface area contributed by atoms with Gasteiger partial charge in [0.05, 0.1) is 17.8 Å². The molecule has 0 aliphatic carbocycles. The molecular formula is C21H18N4O2S. The van der Waals surface area contributed by atoms with Crippen LogP contribution >= 0.6 is 0 Å². The molecule has 7 heteroatoms. The van der Waals surface area contributed by atoms with Crippen LogP contribution in [0.15, 0.2) is 64.5 Å². The van der Waals surface area contributed by atoms with Gasteiger partial charge in [-0.2, -0.15) is 0 Å². The summed E-state index contributed by atoms with van der Waals surface area (Å²) in [4.78, 5) is 9.86. The van der Waals surface area contributed by atoms with Gasteiger partial charge in [-0.1, -0.05) is 30.3 Å². The van der Waals surface area contributed by atoms with Crippen molar-refractivity contribution in [3.8, 4) is 17.0 Å². The van der Waals surface area contributed by atoms with Gasteiger partial charge in [0.15, 0.2) is 5.03 Å². The van der Waals surface area contributed by atoms with Crippen molar-refractivity contribution in [3.63, 3.8) is 0 Å². The van der Waals surface area contributed by atoms with Gasteiger partial charge in [0.1, 0.15) is 22.4 Å². The zero-order chi connectivity index (χ0) is 19.3. The maximum atomic E-state index is 13.2. The van der Waals surface area contributed by atoms with Crippen LogP contribution in [0.3, 0.4) is 0 Å². The molecule has 1 aliphatic heterocycles. The molecule has 0 amide bonds. The van der Waals surface area contributed by atoms with E-state index >= 15 is 0 Å². The van der Waals surface area contributed by atoms with E-state index in [4.69, 9.17) is 10.5 Å². The SMILES string of the molecule is Cc1nc(S(=O)c2ccccc2)c2cc(-c3cccc4c3CCO4)nc(N)n12. The van der Waals surface area contributed by atoms with E-state index in [1.54, 1.807) is 4.40 Å². The molecule has 1 unspecified atom stereocenters. The van der Waals surface area contributed by atoms with Gasteiger partial charge in [0, 0.05) is 22.4 Å². The van der Waals surface area contributed by atoms with Crippen LogP contribution in [0.1, 0.15) is 11.4 Å². The zero-order valence-electron chi connectivity index (χ0n) is 15.3. The Labute approximate surface area is 164 Å². The fraction of sp³-hybridized carbons (Fsp3) is 0.143. The molecule has 0 bridgehead atoms. The highest BCUT2D eigenvalue weighted by Gasteiger charge is 2.22. The van der Waals surface area contributed by atoms with Crippen molar-refractivity contribution >= 4 is 22.3 Å². The van der Waals surface area contributed by atoms with Gasteiger partial charge in [0.2, 0.25) is 5.95 Å². The Morgan fingerprint density at radius 1 is 1.11 bits per heavy atom. The standard InChI is InChI=1S/C21H18N4O2S/c1-13-23-20(28(26)14-6-3-2-4-7-14)18-12-17(24-21(22)25(13)18)15-8-5-9-19-16(15)10-11-27-19/h2-9,12H,10-11H2,1H3,(H2,22,24). The molecular weight excluding hydrogens is 372 g/mol. The predicted octanol–water partition coefficient (Wildman–Crippen LogP) is 3.39. The number of hydrogen-bond acceptors (Lipinski definition) is 5. The van der Waals surface area contributed by atoms with Crippen molar-refractivity contribution in [1.29, 1.82) is 0 Å². The summed E-state index contributed by atoms with van der Waals surface area (Å²) in [5, 5.41) is 0.489.